The second-order valence-electron chi connectivity index (χ2n) is 5.08. The van der Waals surface area contributed by atoms with Gasteiger partial charge in [0.1, 0.15) is 22.9 Å². The molecule has 1 amide bonds. The zero-order valence-electron chi connectivity index (χ0n) is 12.2. The first-order valence-corrected chi connectivity index (χ1v) is 6.89. The van der Waals surface area contributed by atoms with E-state index < -0.39 is 5.60 Å². The van der Waals surface area contributed by atoms with Gasteiger partial charge in [-0.1, -0.05) is 0 Å². The van der Waals surface area contributed by atoms with Crippen molar-refractivity contribution in [2.24, 2.45) is 0 Å². The largest absolute Gasteiger partial charge is 0.493 e. The van der Waals surface area contributed by atoms with Gasteiger partial charge in [-0.3, -0.25) is 4.79 Å². The molecule has 6 heteroatoms. The summed E-state index contributed by atoms with van der Waals surface area (Å²) in [5.74, 6) is 0.284. The summed E-state index contributed by atoms with van der Waals surface area (Å²) < 4.78 is 23.2. The van der Waals surface area contributed by atoms with Crippen molar-refractivity contribution in [3.63, 3.8) is 0 Å². The van der Waals surface area contributed by atoms with Crippen LogP contribution in [0.15, 0.2) is 47.1 Å². The molecule has 0 aliphatic rings. The highest BCUT2D eigenvalue weighted by Crippen LogP contribution is 2.19. The molecule has 0 saturated heterocycles. The molecular formula is C16H18FNO4. The number of hydrogen-bond acceptors (Lipinski definition) is 4. The average Bonchev–Trinajstić information content (AvgIpc) is 3.02. The number of aliphatic hydroxyl groups is 1. The summed E-state index contributed by atoms with van der Waals surface area (Å²) in [6.45, 7) is 1.76. The molecule has 1 unspecified atom stereocenters. The standard InChI is InChI=1S/C16H18FNO4/c1-16(20,14-3-2-9-22-14)11-18-15(19)8-10-21-13-6-4-12(17)5-7-13/h2-7,9,20H,8,10-11H2,1H3,(H,18,19). The van der Waals surface area contributed by atoms with Gasteiger partial charge in [-0.25, -0.2) is 4.39 Å². The van der Waals surface area contributed by atoms with Crippen LogP contribution in [0.25, 0.3) is 0 Å². The minimum absolute atomic E-state index is 0.0376. The summed E-state index contributed by atoms with van der Waals surface area (Å²) in [7, 11) is 0. The van der Waals surface area contributed by atoms with Gasteiger partial charge in [-0.05, 0) is 43.3 Å². The Morgan fingerprint density at radius 2 is 2.09 bits per heavy atom. The number of carbonyl (C=O) groups excluding carboxylic acids is 1. The molecule has 2 N–H and O–H groups in total. The Hall–Kier alpha value is -2.34. The summed E-state index contributed by atoms with van der Waals surface area (Å²) in [4.78, 5) is 11.7. The number of rotatable bonds is 7. The van der Waals surface area contributed by atoms with Crippen LogP contribution in [0.1, 0.15) is 19.1 Å². The van der Waals surface area contributed by atoms with E-state index in [0.717, 1.165) is 0 Å². The van der Waals surface area contributed by atoms with Crippen LogP contribution in [0.2, 0.25) is 0 Å². The molecule has 2 aromatic rings. The normalized spacial score (nSPS) is 13.4. The maximum atomic E-state index is 12.7. The van der Waals surface area contributed by atoms with E-state index in [2.05, 4.69) is 5.32 Å². The van der Waals surface area contributed by atoms with E-state index in [1.807, 2.05) is 0 Å². The third-order valence-corrected chi connectivity index (χ3v) is 3.09. The van der Waals surface area contributed by atoms with Crippen molar-refractivity contribution in [1.82, 2.24) is 5.32 Å². The molecule has 22 heavy (non-hydrogen) atoms. The summed E-state index contributed by atoms with van der Waals surface area (Å²) in [6.07, 6.45) is 1.59. The van der Waals surface area contributed by atoms with E-state index in [-0.39, 0.29) is 31.3 Å². The minimum Gasteiger partial charge on any atom is -0.493 e. The Morgan fingerprint density at radius 1 is 1.36 bits per heavy atom. The molecule has 5 nitrogen and oxygen atoms in total. The van der Waals surface area contributed by atoms with Gasteiger partial charge in [-0.15, -0.1) is 0 Å². The third kappa shape index (κ3) is 4.60. The molecule has 1 aromatic heterocycles. The van der Waals surface area contributed by atoms with E-state index in [1.165, 1.54) is 30.5 Å². The molecule has 0 spiro atoms. The van der Waals surface area contributed by atoms with Gasteiger partial charge in [0.2, 0.25) is 5.91 Å². The zero-order chi connectivity index (χ0) is 16.0. The van der Waals surface area contributed by atoms with Crippen molar-refractivity contribution in [2.45, 2.75) is 18.9 Å². The van der Waals surface area contributed by atoms with Crippen molar-refractivity contribution >= 4 is 5.91 Å². The predicted molar refractivity (Wildman–Crippen MR) is 77.8 cm³/mol. The molecule has 1 heterocycles. The van der Waals surface area contributed by atoms with Crippen molar-refractivity contribution < 1.29 is 23.4 Å². The van der Waals surface area contributed by atoms with Crippen molar-refractivity contribution in [3.8, 4) is 5.75 Å². The SMILES string of the molecule is CC(O)(CNC(=O)CCOc1ccc(F)cc1)c1ccco1. The van der Waals surface area contributed by atoms with Crippen molar-refractivity contribution in [3.05, 3.63) is 54.2 Å². The fourth-order valence-corrected chi connectivity index (χ4v) is 1.82. The number of hydrogen-bond donors (Lipinski definition) is 2. The van der Waals surface area contributed by atoms with E-state index in [0.29, 0.717) is 11.5 Å². The number of benzene rings is 1. The molecule has 0 fully saturated rings. The van der Waals surface area contributed by atoms with Gasteiger partial charge >= 0.3 is 0 Å². The van der Waals surface area contributed by atoms with Gasteiger partial charge in [-0.2, -0.15) is 0 Å². The third-order valence-electron chi connectivity index (χ3n) is 3.09. The van der Waals surface area contributed by atoms with Gasteiger partial charge in [0.25, 0.3) is 0 Å². The highest BCUT2D eigenvalue weighted by atomic mass is 19.1. The average molecular weight is 307 g/mol. The lowest BCUT2D eigenvalue weighted by Gasteiger charge is -2.21. The number of amides is 1. The topological polar surface area (TPSA) is 71.7 Å². The Labute approximate surface area is 127 Å². The van der Waals surface area contributed by atoms with Crippen LogP contribution in [-0.2, 0) is 10.4 Å². The molecule has 0 saturated carbocycles. The molecule has 0 bridgehead atoms. The fraction of sp³-hybridized carbons (Fsp3) is 0.312. The number of halogens is 1. The van der Waals surface area contributed by atoms with E-state index in [4.69, 9.17) is 9.15 Å². The Bertz CT molecular complexity index is 593. The predicted octanol–water partition coefficient (Wildman–Crippen LogP) is 2.21. The second-order valence-corrected chi connectivity index (χ2v) is 5.08. The Kier molecular flexibility index (Phi) is 5.16. The number of furan rings is 1. The lowest BCUT2D eigenvalue weighted by molar-refractivity contribution is -0.122. The first kappa shape index (κ1) is 16.0. The summed E-state index contributed by atoms with van der Waals surface area (Å²) in [5.41, 5.74) is -1.27. The molecule has 1 atom stereocenters. The molecule has 0 aliphatic carbocycles. The lowest BCUT2D eigenvalue weighted by atomic mass is 10.0. The lowest BCUT2D eigenvalue weighted by Crippen LogP contribution is -2.38. The number of nitrogens with one attached hydrogen (secondary N) is 1. The second kappa shape index (κ2) is 7.09. The maximum Gasteiger partial charge on any atom is 0.223 e. The minimum atomic E-state index is -1.27. The monoisotopic (exact) mass is 307 g/mol. The van der Waals surface area contributed by atoms with Crippen LogP contribution in [0.4, 0.5) is 4.39 Å². The first-order valence-electron chi connectivity index (χ1n) is 6.89. The molecule has 118 valence electrons. The zero-order valence-corrected chi connectivity index (χ0v) is 12.2. The Morgan fingerprint density at radius 3 is 2.73 bits per heavy atom. The number of ether oxygens (including phenoxy) is 1. The highest BCUT2D eigenvalue weighted by molar-refractivity contribution is 5.76. The van der Waals surface area contributed by atoms with Gasteiger partial charge < -0.3 is 19.6 Å². The molecule has 2 rings (SSSR count). The molecular weight excluding hydrogens is 289 g/mol. The van der Waals surface area contributed by atoms with Crippen LogP contribution in [0, 0.1) is 5.82 Å². The summed E-state index contributed by atoms with van der Waals surface area (Å²) >= 11 is 0. The van der Waals surface area contributed by atoms with Crippen LogP contribution >= 0.6 is 0 Å². The van der Waals surface area contributed by atoms with E-state index >= 15 is 0 Å². The Balaban J connectivity index is 1.71. The van der Waals surface area contributed by atoms with Crippen LogP contribution < -0.4 is 10.1 Å². The first-order chi connectivity index (χ1) is 10.5. The van der Waals surface area contributed by atoms with Crippen LogP contribution in [0.5, 0.6) is 5.75 Å². The van der Waals surface area contributed by atoms with Gasteiger partial charge in [0.05, 0.1) is 25.8 Å². The van der Waals surface area contributed by atoms with Gasteiger partial charge in [0.15, 0.2) is 0 Å². The summed E-state index contributed by atoms with van der Waals surface area (Å²) in [6, 6.07) is 8.88. The van der Waals surface area contributed by atoms with Gasteiger partial charge in [0, 0.05) is 0 Å². The van der Waals surface area contributed by atoms with Crippen LogP contribution in [0.3, 0.4) is 0 Å². The summed E-state index contributed by atoms with van der Waals surface area (Å²) in [5, 5.41) is 12.8. The molecule has 0 radical (unpaired) electrons. The quantitative estimate of drug-likeness (QED) is 0.822. The van der Waals surface area contributed by atoms with E-state index in [9.17, 15) is 14.3 Å². The highest BCUT2D eigenvalue weighted by Gasteiger charge is 2.26. The molecule has 1 aromatic carbocycles. The van der Waals surface area contributed by atoms with E-state index in [1.54, 1.807) is 19.1 Å². The fourth-order valence-electron chi connectivity index (χ4n) is 1.82. The number of carbonyl (C=O) groups is 1. The van der Waals surface area contributed by atoms with Crippen LogP contribution in [-0.4, -0.2) is 24.2 Å². The maximum absolute atomic E-state index is 12.7. The smallest absolute Gasteiger partial charge is 0.223 e. The van der Waals surface area contributed by atoms with Crippen molar-refractivity contribution in [1.29, 1.82) is 0 Å². The molecule has 0 aliphatic heterocycles. The van der Waals surface area contributed by atoms with Crippen molar-refractivity contribution in [2.75, 3.05) is 13.2 Å².